The van der Waals surface area contributed by atoms with Gasteiger partial charge in [0.05, 0.1) is 36.9 Å². The Morgan fingerprint density at radius 1 is 1.21 bits per heavy atom. The number of ether oxygens (including phenoxy) is 2. The molecule has 1 heterocycles. The highest BCUT2D eigenvalue weighted by Crippen LogP contribution is 2.38. The van der Waals surface area contributed by atoms with E-state index in [1.807, 2.05) is 12.1 Å². The molecule has 0 aliphatic carbocycles. The van der Waals surface area contributed by atoms with Crippen molar-refractivity contribution in [1.29, 1.82) is 0 Å². The van der Waals surface area contributed by atoms with Crippen LogP contribution in [0.4, 0.5) is 0 Å². The van der Waals surface area contributed by atoms with E-state index >= 15 is 0 Å². The summed E-state index contributed by atoms with van der Waals surface area (Å²) in [6.07, 6.45) is 0.867. The number of aliphatic hydroxyl groups is 2. The van der Waals surface area contributed by atoms with Gasteiger partial charge in [-0.3, -0.25) is 0 Å². The summed E-state index contributed by atoms with van der Waals surface area (Å²) in [5.74, 6) is 1.47. The number of halogens is 1. The fraction of sp³-hybridized carbons (Fsp3) is 0.538. The van der Waals surface area contributed by atoms with Gasteiger partial charge in [-0.15, -0.1) is 0 Å². The van der Waals surface area contributed by atoms with E-state index in [-0.39, 0.29) is 19.3 Å². The van der Waals surface area contributed by atoms with Gasteiger partial charge >= 0.3 is 0 Å². The quantitative estimate of drug-likeness (QED) is 0.752. The standard InChI is InChI=1S/C13H18BrNO4/c14-11-4-9(6-15-10(7-16)8-17)5-12-13(11)19-3-1-2-18-12/h4-5,10,15-17H,1-3,6-8H2. The van der Waals surface area contributed by atoms with Gasteiger partial charge < -0.3 is 25.0 Å². The Hall–Kier alpha value is -0.820. The van der Waals surface area contributed by atoms with Crippen molar-refractivity contribution in [2.75, 3.05) is 26.4 Å². The van der Waals surface area contributed by atoms with Crippen LogP contribution in [0.15, 0.2) is 16.6 Å². The third-order valence-corrected chi connectivity index (χ3v) is 3.49. The number of hydrogen-bond acceptors (Lipinski definition) is 5. The van der Waals surface area contributed by atoms with E-state index in [1.54, 1.807) is 0 Å². The van der Waals surface area contributed by atoms with Crippen LogP contribution in [0.2, 0.25) is 0 Å². The summed E-state index contributed by atoms with van der Waals surface area (Å²) in [6, 6.07) is 3.56. The molecule has 2 rings (SSSR count). The zero-order chi connectivity index (χ0) is 13.7. The van der Waals surface area contributed by atoms with Crippen LogP contribution in [0.25, 0.3) is 0 Å². The molecule has 6 heteroatoms. The molecule has 0 unspecified atom stereocenters. The van der Waals surface area contributed by atoms with Gasteiger partial charge in [0.25, 0.3) is 0 Å². The van der Waals surface area contributed by atoms with E-state index in [9.17, 15) is 0 Å². The van der Waals surface area contributed by atoms with Gasteiger partial charge in [0.1, 0.15) is 0 Å². The second-order valence-corrected chi connectivity index (χ2v) is 5.25. The minimum absolute atomic E-state index is 0.0950. The Morgan fingerprint density at radius 2 is 1.95 bits per heavy atom. The number of nitrogens with one attached hydrogen (secondary N) is 1. The van der Waals surface area contributed by atoms with Gasteiger partial charge in [0, 0.05) is 13.0 Å². The monoisotopic (exact) mass is 331 g/mol. The maximum atomic E-state index is 9.01. The Balaban J connectivity index is 2.10. The second kappa shape index (κ2) is 7.09. The van der Waals surface area contributed by atoms with Crippen LogP contribution in [-0.2, 0) is 6.54 Å². The first-order valence-corrected chi connectivity index (χ1v) is 7.07. The Labute approximate surface area is 120 Å². The summed E-state index contributed by atoms with van der Waals surface area (Å²) in [4.78, 5) is 0. The molecule has 5 nitrogen and oxygen atoms in total. The fourth-order valence-electron chi connectivity index (χ4n) is 1.84. The molecule has 1 aromatic rings. The predicted octanol–water partition coefficient (Wildman–Crippen LogP) is 1.05. The smallest absolute Gasteiger partial charge is 0.175 e. The minimum atomic E-state index is -0.310. The van der Waals surface area contributed by atoms with E-state index in [2.05, 4.69) is 21.2 Å². The molecule has 19 heavy (non-hydrogen) atoms. The van der Waals surface area contributed by atoms with Crippen LogP contribution in [0.3, 0.4) is 0 Å². The molecule has 1 aromatic carbocycles. The Kier molecular flexibility index (Phi) is 5.45. The van der Waals surface area contributed by atoms with Gasteiger partial charge in [-0.25, -0.2) is 0 Å². The maximum absolute atomic E-state index is 9.01. The van der Waals surface area contributed by atoms with Crippen LogP contribution >= 0.6 is 15.9 Å². The normalized spacial score (nSPS) is 14.5. The molecule has 0 radical (unpaired) electrons. The topological polar surface area (TPSA) is 71.0 Å². The molecule has 1 aliphatic rings. The molecule has 106 valence electrons. The lowest BCUT2D eigenvalue weighted by atomic mass is 10.2. The van der Waals surface area contributed by atoms with Crippen molar-refractivity contribution in [1.82, 2.24) is 5.32 Å². The van der Waals surface area contributed by atoms with Gasteiger partial charge in [0.2, 0.25) is 0 Å². The number of benzene rings is 1. The Bertz CT molecular complexity index is 423. The van der Waals surface area contributed by atoms with E-state index in [0.717, 1.165) is 28.0 Å². The van der Waals surface area contributed by atoms with Gasteiger partial charge in [-0.1, -0.05) is 0 Å². The van der Waals surface area contributed by atoms with Crippen molar-refractivity contribution in [3.63, 3.8) is 0 Å². The maximum Gasteiger partial charge on any atom is 0.175 e. The van der Waals surface area contributed by atoms with Crippen molar-refractivity contribution in [2.24, 2.45) is 0 Å². The fourth-order valence-corrected chi connectivity index (χ4v) is 2.44. The molecular weight excluding hydrogens is 314 g/mol. The molecule has 1 aliphatic heterocycles. The summed E-state index contributed by atoms with van der Waals surface area (Å²) in [6.45, 7) is 1.65. The summed E-state index contributed by atoms with van der Waals surface area (Å²) < 4.78 is 12.1. The third kappa shape index (κ3) is 3.82. The van der Waals surface area contributed by atoms with Crippen LogP contribution in [0.5, 0.6) is 11.5 Å². The van der Waals surface area contributed by atoms with Gasteiger partial charge in [0.15, 0.2) is 11.5 Å². The number of fused-ring (bicyclic) bond motifs is 1. The predicted molar refractivity (Wildman–Crippen MR) is 74.5 cm³/mol. The summed E-state index contributed by atoms with van der Waals surface area (Å²) >= 11 is 3.48. The average molecular weight is 332 g/mol. The molecule has 0 fully saturated rings. The first kappa shape index (κ1) is 14.6. The van der Waals surface area contributed by atoms with Crippen molar-refractivity contribution in [3.8, 4) is 11.5 Å². The number of hydrogen-bond donors (Lipinski definition) is 3. The second-order valence-electron chi connectivity index (χ2n) is 4.40. The highest BCUT2D eigenvalue weighted by Gasteiger charge is 2.15. The zero-order valence-electron chi connectivity index (χ0n) is 10.6. The van der Waals surface area contributed by atoms with Crippen molar-refractivity contribution < 1.29 is 19.7 Å². The highest BCUT2D eigenvalue weighted by atomic mass is 79.9. The number of rotatable bonds is 5. The van der Waals surface area contributed by atoms with E-state index in [0.29, 0.717) is 19.8 Å². The molecule has 0 saturated carbocycles. The SMILES string of the molecule is OCC(CO)NCc1cc(Br)c2c(c1)OCCCO2. The minimum Gasteiger partial charge on any atom is -0.490 e. The zero-order valence-corrected chi connectivity index (χ0v) is 12.1. The van der Waals surface area contributed by atoms with Gasteiger partial charge in [-0.05, 0) is 33.6 Å². The molecule has 0 aromatic heterocycles. The van der Waals surface area contributed by atoms with Crippen molar-refractivity contribution in [3.05, 3.63) is 22.2 Å². The van der Waals surface area contributed by atoms with E-state index in [4.69, 9.17) is 19.7 Å². The first-order chi connectivity index (χ1) is 9.24. The van der Waals surface area contributed by atoms with Crippen molar-refractivity contribution in [2.45, 2.75) is 19.0 Å². The van der Waals surface area contributed by atoms with Crippen LogP contribution in [0, 0.1) is 0 Å². The number of aliphatic hydroxyl groups excluding tert-OH is 2. The van der Waals surface area contributed by atoms with Crippen LogP contribution < -0.4 is 14.8 Å². The molecule has 3 N–H and O–H groups in total. The molecular formula is C13H18BrNO4. The molecule has 0 spiro atoms. The van der Waals surface area contributed by atoms with Crippen LogP contribution in [-0.4, -0.2) is 42.7 Å². The molecule has 0 bridgehead atoms. The average Bonchev–Trinajstić information content (AvgIpc) is 2.65. The highest BCUT2D eigenvalue weighted by molar-refractivity contribution is 9.10. The lowest BCUT2D eigenvalue weighted by Crippen LogP contribution is -2.35. The summed E-state index contributed by atoms with van der Waals surface area (Å²) in [5, 5.41) is 21.1. The summed E-state index contributed by atoms with van der Waals surface area (Å²) in [5.41, 5.74) is 1.00. The largest absolute Gasteiger partial charge is 0.490 e. The summed E-state index contributed by atoms with van der Waals surface area (Å²) in [7, 11) is 0. The molecule has 0 atom stereocenters. The lowest BCUT2D eigenvalue weighted by molar-refractivity contribution is 0.170. The molecule has 0 saturated heterocycles. The van der Waals surface area contributed by atoms with Crippen LogP contribution in [0.1, 0.15) is 12.0 Å². The molecule has 0 amide bonds. The van der Waals surface area contributed by atoms with E-state index in [1.165, 1.54) is 0 Å². The third-order valence-electron chi connectivity index (χ3n) is 2.90. The van der Waals surface area contributed by atoms with E-state index < -0.39 is 0 Å². The van der Waals surface area contributed by atoms with Gasteiger partial charge in [-0.2, -0.15) is 0 Å². The van der Waals surface area contributed by atoms with Crippen molar-refractivity contribution >= 4 is 15.9 Å². The first-order valence-electron chi connectivity index (χ1n) is 6.27. The Morgan fingerprint density at radius 3 is 2.68 bits per heavy atom. The lowest BCUT2D eigenvalue weighted by Gasteiger charge is -2.15.